The van der Waals surface area contributed by atoms with Crippen LogP contribution in [0.25, 0.3) is 10.8 Å². The molecule has 1 saturated carbocycles. The van der Waals surface area contributed by atoms with Crippen molar-refractivity contribution in [1.29, 1.82) is 0 Å². The first-order chi connectivity index (χ1) is 10.1. The summed E-state index contributed by atoms with van der Waals surface area (Å²) < 4.78 is 0. The minimum atomic E-state index is -0.0497. The summed E-state index contributed by atoms with van der Waals surface area (Å²) in [6.45, 7) is 4.31. The quantitative estimate of drug-likeness (QED) is 0.846. The van der Waals surface area contributed by atoms with Crippen LogP contribution in [0.3, 0.4) is 0 Å². The Hall–Kier alpha value is -1.35. The highest BCUT2D eigenvalue weighted by atomic mass is 35.5. The predicted molar refractivity (Wildman–Crippen MR) is 89.0 cm³/mol. The smallest absolute Gasteiger partial charge is 0.157 e. The largest absolute Gasteiger partial charge is 0.361 e. The number of nitrogens with zero attached hydrogens (tertiary/aromatic N) is 2. The zero-order valence-electron chi connectivity index (χ0n) is 12.7. The van der Waals surface area contributed by atoms with Crippen molar-refractivity contribution in [2.24, 2.45) is 5.92 Å². The summed E-state index contributed by atoms with van der Waals surface area (Å²) in [6.07, 6.45) is 4.71. The standard InChI is InChI=1S/C17H22ClN3/c1-12-6-5-9-17(10-12,11-18)19-16-15-8-4-3-7-14(15)13(2)20-21-16/h3-4,7-8,12H,5-6,9-11H2,1-2H3,(H,19,21). The van der Waals surface area contributed by atoms with Gasteiger partial charge in [0, 0.05) is 16.7 Å². The molecule has 1 N–H and O–H groups in total. The molecular formula is C17H22ClN3. The SMILES string of the molecule is Cc1nnc(NC2(CCl)CCCC(C)C2)c2ccccc12. The van der Waals surface area contributed by atoms with Gasteiger partial charge in [0.05, 0.1) is 11.2 Å². The third kappa shape index (κ3) is 2.84. The molecule has 0 amide bonds. The van der Waals surface area contributed by atoms with Crippen molar-refractivity contribution in [1.82, 2.24) is 10.2 Å². The number of benzene rings is 1. The molecule has 1 aromatic heterocycles. The number of anilines is 1. The van der Waals surface area contributed by atoms with E-state index in [1.54, 1.807) is 0 Å². The van der Waals surface area contributed by atoms with Gasteiger partial charge in [-0.05, 0) is 25.7 Å². The lowest BCUT2D eigenvalue weighted by Crippen LogP contribution is -2.44. The summed E-state index contributed by atoms with van der Waals surface area (Å²) >= 11 is 6.32. The van der Waals surface area contributed by atoms with E-state index in [-0.39, 0.29) is 5.54 Å². The maximum atomic E-state index is 6.32. The molecule has 3 rings (SSSR count). The average molecular weight is 304 g/mol. The lowest BCUT2D eigenvalue weighted by atomic mass is 9.77. The van der Waals surface area contributed by atoms with Gasteiger partial charge in [-0.1, -0.05) is 44.0 Å². The number of hydrogen-bond donors (Lipinski definition) is 1. The fraction of sp³-hybridized carbons (Fsp3) is 0.529. The fourth-order valence-electron chi connectivity index (χ4n) is 3.51. The van der Waals surface area contributed by atoms with E-state index >= 15 is 0 Å². The molecule has 2 unspecified atom stereocenters. The summed E-state index contributed by atoms with van der Waals surface area (Å²) in [4.78, 5) is 0. The van der Waals surface area contributed by atoms with Crippen molar-refractivity contribution in [3.63, 3.8) is 0 Å². The van der Waals surface area contributed by atoms with Crippen molar-refractivity contribution in [3.8, 4) is 0 Å². The first-order valence-corrected chi connectivity index (χ1v) is 8.23. The molecule has 1 aromatic carbocycles. The second-order valence-corrected chi connectivity index (χ2v) is 6.69. The number of aromatic nitrogens is 2. The summed E-state index contributed by atoms with van der Waals surface area (Å²) in [5.74, 6) is 2.18. The lowest BCUT2D eigenvalue weighted by molar-refractivity contribution is 0.279. The monoisotopic (exact) mass is 303 g/mol. The Morgan fingerprint density at radius 1 is 1.29 bits per heavy atom. The summed E-state index contributed by atoms with van der Waals surface area (Å²) in [6, 6.07) is 8.29. The number of hydrogen-bond acceptors (Lipinski definition) is 3. The summed E-state index contributed by atoms with van der Waals surface area (Å²) in [5.41, 5.74) is 0.916. The molecule has 1 aliphatic carbocycles. The van der Waals surface area contributed by atoms with Crippen LogP contribution in [-0.4, -0.2) is 21.6 Å². The molecule has 3 nitrogen and oxygen atoms in total. The van der Waals surface area contributed by atoms with Gasteiger partial charge in [-0.3, -0.25) is 0 Å². The van der Waals surface area contributed by atoms with Gasteiger partial charge in [-0.2, -0.15) is 5.10 Å². The van der Waals surface area contributed by atoms with E-state index in [0.717, 1.165) is 35.1 Å². The maximum Gasteiger partial charge on any atom is 0.157 e. The molecule has 1 aliphatic rings. The average Bonchev–Trinajstić information content (AvgIpc) is 2.50. The molecule has 4 heteroatoms. The van der Waals surface area contributed by atoms with Crippen LogP contribution in [0.15, 0.2) is 24.3 Å². The minimum Gasteiger partial charge on any atom is -0.361 e. The van der Waals surface area contributed by atoms with Gasteiger partial charge >= 0.3 is 0 Å². The van der Waals surface area contributed by atoms with E-state index in [0.29, 0.717) is 11.8 Å². The molecular weight excluding hydrogens is 282 g/mol. The Morgan fingerprint density at radius 2 is 2.05 bits per heavy atom. The third-order valence-electron chi connectivity index (χ3n) is 4.60. The second kappa shape index (κ2) is 5.80. The van der Waals surface area contributed by atoms with Crippen LogP contribution in [0, 0.1) is 12.8 Å². The zero-order valence-corrected chi connectivity index (χ0v) is 13.5. The summed E-state index contributed by atoms with van der Waals surface area (Å²) in [7, 11) is 0. The van der Waals surface area contributed by atoms with Crippen molar-refractivity contribution >= 4 is 28.2 Å². The number of halogens is 1. The normalized spacial score (nSPS) is 26.0. The predicted octanol–water partition coefficient (Wildman–Crippen LogP) is 4.54. The first-order valence-electron chi connectivity index (χ1n) is 7.70. The van der Waals surface area contributed by atoms with Crippen molar-refractivity contribution in [2.45, 2.75) is 45.1 Å². The number of rotatable bonds is 3. The van der Waals surface area contributed by atoms with Crippen LogP contribution < -0.4 is 5.32 Å². The molecule has 1 heterocycles. The minimum absolute atomic E-state index is 0.0497. The van der Waals surface area contributed by atoms with E-state index in [2.05, 4.69) is 34.6 Å². The Balaban J connectivity index is 1.99. The van der Waals surface area contributed by atoms with E-state index in [4.69, 9.17) is 11.6 Å². The van der Waals surface area contributed by atoms with Gasteiger partial charge in [-0.25, -0.2) is 0 Å². The lowest BCUT2D eigenvalue weighted by Gasteiger charge is -2.40. The Labute approximate surface area is 131 Å². The number of alkyl halides is 1. The van der Waals surface area contributed by atoms with Crippen LogP contribution >= 0.6 is 11.6 Å². The molecule has 0 saturated heterocycles. The van der Waals surface area contributed by atoms with Gasteiger partial charge in [0.25, 0.3) is 0 Å². The maximum absolute atomic E-state index is 6.32. The van der Waals surface area contributed by atoms with Gasteiger partial charge in [-0.15, -0.1) is 16.7 Å². The zero-order chi connectivity index (χ0) is 14.9. The highest BCUT2D eigenvalue weighted by Crippen LogP contribution is 2.37. The number of aryl methyl sites for hydroxylation is 1. The molecule has 1 fully saturated rings. The molecule has 112 valence electrons. The Morgan fingerprint density at radius 3 is 2.76 bits per heavy atom. The van der Waals surface area contributed by atoms with Crippen molar-refractivity contribution < 1.29 is 0 Å². The van der Waals surface area contributed by atoms with Gasteiger partial charge < -0.3 is 5.32 Å². The van der Waals surface area contributed by atoms with E-state index in [9.17, 15) is 0 Å². The van der Waals surface area contributed by atoms with Gasteiger partial charge in [0.2, 0.25) is 0 Å². The van der Waals surface area contributed by atoms with E-state index in [1.807, 2.05) is 19.1 Å². The molecule has 0 radical (unpaired) electrons. The van der Waals surface area contributed by atoms with Crippen LogP contribution in [0.4, 0.5) is 5.82 Å². The van der Waals surface area contributed by atoms with E-state index in [1.165, 1.54) is 12.8 Å². The van der Waals surface area contributed by atoms with Crippen LogP contribution in [0.5, 0.6) is 0 Å². The second-order valence-electron chi connectivity index (χ2n) is 6.42. The number of fused-ring (bicyclic) bond motifs is 1. The van der Waals surface area contributed by atoms with Crippen molar-refractivity contribution in [3.05, 3.63) is 30.0 Å². The first kappa shape index (κ1) is 14.6. The molecule has 0 spiro atoms. The molecule has 21 heavy (non-hydrogen) atoms. The topological polar surface area (TPSA) is 37.8 Å². The van der Waals surface area contributed by atoms with E-state index < -0.39 is 0 Å². The fourth-order valence-corrected chi connectivity index (χ4v) is 3.82. The molecule has 0 aliphatic heterocycles. The van der Waals surface area contributed by atoms with Crippen LogP contribution in [-0.2, 0) is 0 Å². The Kier molecular flexibility index (Phi) is 4.03. The molecule has 2 atom stereocenters. The molecule has 0 bridgehead atoms. The number of nitrogens with one attached hydrogen (secondary N) is 1. The third-order valence-corrected chi connectivity index (χ3v) is 5.11. The van der Waals surface area contributed by atoms with Gasteiger partial charge in [0.15, 0.2) is 5.82 Å². The van der Waals surface area contributed by atoms with Crippen LogP contribution in [0.2, 0.25) is 0 Å². The Bertz CT molecular complexity index is 643. The van der Waals surface area contributed by atoms with Crippen LogP contribution in [0.1, 0.15) is 38.3 Å². The van der Waals surface area contributed by atoms with Crippen molar-refractivity contribution in [2.75, 3.05) is 11.2 Å². The molecule has 2 aromatic rings. The highest BCUT2D eigenvalue weighted by molar-refractivity contribution is 6.19. The summed E-state index contributed by atoms with van der Waals surface area (Å²) in [5, 5.41) is 14.6. The highest BCUT2D eigenvalue weighted by Gasteiger charge is 2.35. The van der Waals surface area contributed by atoms with Gasteiger partial charge in [0.1, 0.15) is 0 Å².